The van der Waals surface area contributed by atoms with E-state index in [2.05, 4.69) is 77.4 Å². The minimum Gasteiger partial charge on any atom is -0.324 e. The first-order valence-corrected chi connectivity index (χ1v) is 8.97. The van der Waals surface area contributed by atoms with Crippen LogP contribution < -0.4 is 10.6 Å². The molecule has 4 aromatic rings. The van der Waals surface area contributed by atoms with Crippen LogP contribution in [0.4, 0.5) is 0 Å². The van der Waals surface area contributed by atoms with Crippen LogP contribution in [-0.2, 0) is 0 Å². The number of hydrogen-bond acceptors (Lipinski definition) is 0. The minimum atomic E-state index is 0.777. The second-order valence-corrected chi connectivity index (χ2v) is 6.69. The first-order valence-electron chi connectivity index (χ1n) is 7.97. The van der Waals surface area contributed by atoms with Gasteiger partial charge in [-0.25, -0.2) is 0 Å². The van der Waals surface area contributed by atoms with Gasteiger partial charge in [0, 0.05) is 18.1 Å². The largest absolute Gasteiger partial charge is 0.324 e. The van der Waals surface area contributed by atoms with Crippen molar-refractivity contribution in [3.05, 3.63) is 116 Å². The van der Waals surface area contributed by atoms with Crippen molar-refractivity contribution in [2.75, 3.05) is 0 Å². The van der Waals surface area contributed by atoms with Crippen LogP contribution in [0.25, 0.3) is 5.69 Å². The van der Waals surface area contributed by atoms with Crippen molar-refractivity contribution < 1.29 is 0 Å². The number of rotatable bonds is 3. The van der Waals surface area contributed by atoms with Crippen LogP contribution in [0.3, 0.4) is 0 Å². The molecule has 0 atom stereocenters. The summed E-state index contributed by atoms with van der Waals surface area (Å²) >= 11 is 0. The molecule has 0 N–H and O–H groups in total. The summed E-state index contributed by atoms with van der Waals surface area (Å²) in [6.45, 7) is 0. The molecule has 1 nitrogen and oxygen atoms in total. The quantitative estimate of drug-likeness (QED) is 0.476. The van der Waals surface area contributed by atoms with E-state index in [0.717, 1.165) is 8.58 Å². The van der Waals surface area contributed by atoms with Gasteiger partial charge < -0.3 is 4.57 Å². The van der Waals surface area contributed by atoms with E-state index in [-0.39, 0.29) is 0 Å². The average Bonchev–Trinajstić information content (AvgIpc) is 3.20. The smallest absolute Gasteiger partial charge is 0.0449 e. The molecule has 2 heteroatoms. The Morgan fingerprint density at radius 1 is 0.458 bits per heavy atom. The second kappa shape index (κ2) is 8.86. The van der Waals surface area contributed by atoms with E-state index in [1.54, 1.807) is 0 Å². The molecule has 24 heavy (non-hydrogen) atoms. The molecule has 4 rings (SSSR count). The molecule has 0 aliphatic carbocycles. The van der Waals surface area contributed by atoms with E-state index < -0.39 is 0 Å². The zero-order valence-electron chi connectivity index (χ0n) is 13.4. The summed E-state index contributed by atoms with van der Waals surface area (Å²) in [5.74, 6) is 0. The molecule has 1 aromatic heterocycles. The summed E-state index contributed by atoms with van der Waals surface area (Å²) in [4.78, 5) is 0. The van der Waals surface area contributed by atoms with Gasteiger partial charge in [0.15, 0.2) is 0 Å². The predicted octanol–water partition coefficient (Wildman–Crippen LogP) is 4.79. The summed E-state index contributed by atoms with van der Waals surface area (Å²) < 4.78 is 2.08. The predicted molar refractivity (Wildman–Crippen MR) is 106 cm³/mol. The highest BCUT2D eigenvalue weighted by Crippen LogP contribution is 2.08. The molecule has 0 bridgehead atoms. The standard InChI is InChI=1S/C12H11P.C10H9N/c1-3-7-11(8-4-1)13-12-9-5-2-6-10-12;1-2-6-10(7-3-1)11-8-4-5-9-11/h1-10,13H;1-9H. The molecule has 0 aliphatic heterocycles. The Bertz CT molecular complexity index is 772. The zero-order valence-corrected chi connectivity index (χ0v) is 14.4. The van der Waals surface area contributed by atoms with Gasteiger partial charge in [-0.1, -0.05) is 87.4 Å². The van der Waals surface area contributed by atoms with Crippen molar-refractivity contribution in [1.82, 2.24) is 4.57 Å². The fourth-order valence-corrected chi connectivity index (χ4v) is 3.37. The third-order valence-electron chi connectivity index (χ3n) is 3.50. The fraction of sp³-hybridized carbons (Fsp3) is 0. The molecule has 0 unspecified atom stereocenters. The molecule has 0 spiro atoms. The van der Waals surface area contributed by atoms with E-state index >= 15 is 0 Å². The molecular weight excluding hydrogens is 309 g/mol. The highest BCUT2D eigenvalue weighted by Gasteiger charge is 1.92. The lowest BCUT2D eigenvalue weighted by molar-refractivity contribution is 1.08. The van der Waals surface area contributed by atoms with Crippen LogP contribution in [0.2, 0.25) is 0 Å². The Morgan fingerprint density at radius 3 is 1.33 bits per heavy atom. The Morgan fingerprint density at radius 2 is 0.875 bits per heavy atom. The van der Waals surface area contributed by atoms with Crippen LogP contribution in [0.1, 0.15) is 0 Å². The van der Waals surface area contributed by atoms with E-state index in [1.165, 1.54) is 16.3 Å². The third-order valence-corrected chi connectivity index (χ3v) is 4.74. The maximum absolute atomic E-state index is 2.17. The SMILES string of the molecule is c1ccc(-n2cccc2)cc1.c1ccc(Pc2ccccc2)cc1. The Labute approximate surface area is 145 Å². The van der Waals surface area contributed by atoms with Gasteiger partial charge in [0.2, 0.25) is 0 Å². The van der Waals surface area contributed by atoms with Crippen LogP contribution in [-0.4, -0.2) is 4.57 Å². The highest BCUT2D eigenvalue weighted by molar-refractivity contribution is 7.55. The summed E-state index contributed by atoms with van der Waals surface area (Å²) in [6, 6.07) is 35.5. The molecule has 0 fully saturated rings. The van der Waals surface area contributed by atoms with Gasteiger partial charge in [0.05, 0.1) is 0 Å². The molecular formula is C22H20NP. The monoisotopic (exact) mass is 329 g/mol. The third kappa shape index (κ3) is 4.94. The lowest BCUT2D eigenvalue weighted by Crippen LogP contribution is -2.01. The Kier molecular flexibility index (Phi) is 5.99. The topological polar surface area (TPSA) is 4.93 Å². The highest BCUT2D eigenvalue weighted by atomic mass is 31.1. The van der Waals surface area contributed by atoms with E-state index in [9.17, 15) is 0 Å². The van der Waals surface area contributed by atoms with Crippen LogP contribution >= 0.6 is 8.58 Å². The van der Waals surface area contributed by atoms with Crippen molar-refractivity contribution in [2.45, 2.75) is 0 Å². The molecule has 0 saturated heterocycles. The van der Waals surface area contributed by atoms with E-state index in [0.29, 0.717) is 0 Å². The Balaban J connectivity index is 0.000000143. The van der Waals surface area contributed by atoms with Gasteiger partial charge in [0.1, 0.15) is 0 Å². The molecule has 0 radical (unpaired) electrons. The molecule has 118 valence electrons. The zero-order chi connectivity index (χ0) is 16.5. The summed E-state index contributed by atoms with van der Waals surface area (Å²) in [5, 5.41) is 2.79. The van der Waals surface area contributed by atoms with Gasteiger partial charge in [0.25, 0.3) is 0 Å². The van der Waals surface area contributed by atoms with Crippen LogP contribution in [0.5, 0.6) is 0 Å². The van der Waals surface area contributed by atoms with Gasteiger partial charge in [-0.05, 0) is 34.9 Å². The summed E-state index contributed by atoms with van der Waals surface area (Å²) in [6.07, 6.45) is 4.07. The molecule has 0 saturated carbocycles. The minimum absolute atomic E-state index is 0.777. The number of para-hydroxylation sites is 1. The van der Waals surface area contributed by atoms with Gasteiger partial charge in [-0.2, -0.15) is 0 Å². The van der Waals surface area contributed by atoms with Crippen LogP contribution in [0.15, 0.2) is 116 Å². The first kappa shape index (κ1) is 16.2. The number of benzene rings is 3. The lowest BCUT2D eigenvalue weighted by atomic mass is 10.3. The van der Waals surface area contributed by atoms with E-state index in [4.69, 9.17) is 0 Å². The summed E-state index contributed by atoms with van der Waals surface area (Å²) in [5.41, 5.74) is 1.21. The lowest BCUT2D eigenvalue weighted by Gasteiger charge is -2.00. The summed E-state index contributed by atoms with van der Waals surface area (Å²) in [7, 11) is 0.777. The van der Waals surface area contributed by atoms with Crippen molar-refractivity contribution in [2.24, 2.45) is 0 Å². The number of hydrogen-bond donors (Lipinski definition) is 0. The molecule has 0 amide bonds. The first-order chi connectivity index (χ1) is 11.9. The second-order valence-electron chi connectivity index (χ2n) is 5.28. The molecule has 0 aliphatic rings. The van der Waals surface area contributed by atoms with Crippen molar-refractivity contribution in [1.29, 1.82) is 0 Å². The fourth-order valence-electron chi connectivity index (χ4n) is 2.32. The van der Waals surface area contributed by atoms with E-state index in [1.807, 2.05) is 42.7 Å². The Hall–Kier alpha value is -2.63. The maximum atomic E-state index is 2.17. The van der Waals surface area contributed by atoms with Crippen molar-refractivity contribution in [3.63, 3.8) is 0 Å². The van der Waals surface area contributed by atoms with Gasteiger partial charge >= 0.3 is 0 Å². The maximum Gasteiger partial charge on any atom is 0.0449 e. The van der Waals surface area contributed by atoms with Gasteiger partial charge in [-0.3, -0.25) is 0 Å². The van der Waals surface area contributed by atoms with Crippen molar-refractivity contribution in [3.8, 4) is 5.69 Å². The molecule has 1 heterocycles. The number of aromatic nitrogens is 1. The normalized spacial score (nSPS) is 9.83. The average molecular weight is 329 g/mol. The van der Waals surface area contributed by atoms with Gasteiger partial charge in [-0.15, -0.1) is 0 Å². The molecule has 3 aromatic carbocycles. The van der Waals surface area contributed by atoms with Crippen molar-refractivity contribution >= 4 is 19.2 Å². The number of nitrogens with zero attached hydrogens (tertiary/aromatic N) is 1. The van der Waals surface area contributed by atoms with Crippen LogP contribution in [0, 0.1) is 0 Å².